The highest BCUT2D eigenvalue weighted by Crippen LogP contribution is 2.35. The van der Waals surface area contributed by atoms with Crippen molar-refractivity contribution in [3.05, 3.63) is 30.1 Å². The quantitative estimate of drug-likeness (QED) is 0.639. The van der Waals surface area contributed by atoms with Crippen molar-refractivity contribution in [2.45, 2.75) is 39.0 Å². The number of amides is 1. The normalized spacial score (nSPS) is 18.1. The van der Waals surface area contributed by atoms with Crippen molar-refractivity contribution >= 4 is 21.6 Å². The Hall–Kier alpha value is -1.67. The van der Waals surface area contributed by atoms with Gasteiger partial charge < -0.3 is 10.4 Å². The summed E-state index contributed by atoms with van der Waals surface area (Å²) >= 11 is 0. The number of benzene rings is 1. The standard InChI is InChI=1S/C18H27FN2O4S/c1-14(11-26(24,25)21-16-7-5-6-15(19)10-16)17(23)20-12-18(13-22)8-3-2-4-9-18/h5-7,10,14,21-22H,2-4,8-9,11-13H2,1H3,(H,20,23). The Morgan fingerprint density at radius 1 is 1.31 bits per heavy atom. The van der Waals surface area contributed by atoms with Gasteiger partial charge in [0.25, 0.3) is 0 Å². The highest BCUT2D eigenvalue weighted by Gasteiger charge is 2.32. The SMILES string of the molecule is CC(CS(=O)(=O)Nc1cccc(F)c1)C(=O)NCC1(CO)CCCCC1. The minimum absolute atomic E-state index is 0.0150. The van der Waals surface area contributed by atoms with Gasteiger partial charge in [0.1, 0.15) is 5.82 Å². The number of rotatable bonds is 8. The minimum atomic E-state index is -3.79. The number of aliphatic hydroxyl groups excluding tert-OH is 1. The van der Waals surface area contributed by atoms with Crippen molar-refractivity contribution in [1.29, 1.82) is 0 Å². The lowest BCUT2D eigenvalue weighted by Crippen LogP contribution is -2.44. The number of carbonyl (C=O) groups excluding carboxylic acids is 1. The van der Waals surface area contributed by atoms with Crippen molar-refractivity contribution in [2.75, 3.05) is 23.6 Å². The first-order valence-electron chi connectivity index (χ1n) is 8.90. The number of nitrogens with one attached hydrogen (secondary N) is 2. The largest absolute Gasteiger partial charge is 0.396 e. The van der Waals surface area contributed by atoms with Gasteiger partial charge in [-0.25, -0.2) is 12.8 Å². The summed E-state index contributed by atoms with van der Waals surface area (Å²) in [4.78, 5) is 12.3. The van der Waals surface area contributed by atoms with E-state index in [2.05, 4.69) is 10.0 Å². The molecule has 0 heterocycles. The van der Waals surface area contributed by atoms with Gasteiger partial charge in [-0.05, 0) is 31.0 Å². The molecule has 3 N–H and O–H groups in total. The molecule has 1 atom stereocenters. The van der Waals surface area contributed by atoms with Gasteiger partial charge in [-0.1, -0.05) is 32.3 Å². The maximum Gasteiger partial charge on any atom is 0.233 e. The molecule has 1 saturated carbocycles. The van der Waals surface area contributed by atoms with E-state index in [0.29, 0.717) is 6.54 Å². The third kappa shape index (κ3) is 5.95. The fourth-order valence-electron chi connectivity index (χ4n) is 3.32. The molecular weight excluding hydrogens is 359 g/mol. The average Bonchev–Trinajstić information content (AvgIpc) is 2.59. The zero-order chi connectivity index (χ0) is 19.2. The Morgan fingerprint density at radius 2 is 2.00 bits per heavy atom. The third-order valence-corrected chi connectivity index (χ3v) is 6.39. The van der Waals surface area contributed by atoms with Gasteiger partial charge in [-0.3, -0.25) is 9.52 Å². The molecular formula is C18H27FN2O4S. The summed E-state index contributed by atoms with van der Waals surface area (Å²) in [5, 5.41) is 12.5. The molecule has 0 radical (unpaired) electrons. The number of halogens is 1. The Bertz CT molecular complexity index is 718. The van der Waals surface area contributed by atoms with Crippen LogP contribution in [0.15, 0.2) is 24.3 Å². The van der Waals surface area contributed by atoms with Crippen LogP contribution in [0.4, 0.5) is 10.1 Å². The van der Waals surface area contributed by atoms with Crippen molar-refractivity contribution in [2.24, 2.45) is 11.3 Å². The fraction of sp³-hybridized carbons (Fsp3) is 0.611. The van der Waals surface area contributed by atoms with E-state index in [1.807, 2.05) is 0 Å². The molecule has 8 heteroatoms. The van der Waals surface area contributed by atoms with Crippen LogP contribution in [0.2, 0.25) is 0 Å². The molecule has 0 aliphatic heterocycles. The molecule has 26 heavy (non-hydrogen) atoms. The van der Waals surface area contributed by atoms with Crippen molar-refractivity contribution in [3.63, 3.8) is 0 Å². The number of carbonyl (C=O) groups is 1. The first kappa shape index (κ1) is 20.6. The van der Waals surface area contributed by atoms with Crippen LogP contribution in [0.5, 0.6) is 0 Å². The molecule has 1 amide bonds. The lowest BCUT2D eigenvalue weighted by Gasteiger charge is -2.36. The lowest BCUT2D eigenvalue weighted by molar-refractivity contribution is -0.124. The molecule has 6 nitrogen and oxygen atoms in total. The molecule has 1 aliphatic carbocycles. The summed E-state index contributed by atoms with van der Waals surface area (Å²) < 4.78 is 39.8. The van der Waals surface area contributed by atoms with E-state index >= 15 is 0 Å². The molecule has 1 aromatic rings. The first-order valence-corrected chi connectivity index (χ1v) is 10.6. The summed E-state index contributed by atoms with van der Waals surface area (Å²) in [6.45, 7) is 1.90. The topological polar surface area (TPSA) is 95.5 Å². The molecule has 0 aromatic heterocycles. The molecule has 1 fully saturated rings. The van der Waals surface area contributed by atoms with Gasteiger partial charge in [0, 0.05) is 12.0 Å². The molecule has 1 aliphatic rings. The predicted octanol–water partition coefficient (Wildman–Crippen LogP) is 2.26. The van der Waals surface area contributed by atoms with Crippen molar-refractivity contribution < 1.29 is 22.7 Å². The van der Waals surface area contributed by atoms with Gasteiger partial charge in [-0.2, -0.15) is 0 Å². The Balaban J connectivity index is 1.89. The maximum atomic E-state index is 13.2. The van der Waals surface area contributed by atoms with E-state index in [1.165, 1.54) is 25.1 Å². The lowest BCUT2D eigenvalue weighted by atomic mass is 9.74. The zero-order valence-electron chi connectivity index (χ0n) is 15.0. The molecule has 0 spiro atoms. The third-order valence-electron chi connectivity index (χ3n) is 4.90. The average molecular weight is 386 g/mol. The Morgan fingerprint density at radius 3 is 2.62 bits per heavy atom. The Kier molecular flexibility index (Phi) is 7.00. The maximum absolute atomic E-state index is 13.2. The number of sulfonamides is 1. The van der Waals surface area contributed by atoms with Gasteiger partial charge in [0.05, 0.1) is 24.0 Å². The smallest absolute Gasteiger partial charge is 0.233 e. The summed E-state index contributed by atoms with van der Waals surface area (Å²) in [5.41, 5.74) is -0.175. The van der Waals surface area contributed by atoms with E-state index in [4.69, 9.17) is 0 Å². The van der Waals surface area contributed by atoms with Crippen LogP contribution in [-0.4, -0.2) is 38.3 Å². The summed E-state index contributed by atoms with van der Waals surface area (Å²) in [7, 11) is -3.79. The first-order chi connectivity index (χ1) is 12.3. The number of aliphatic hydroxyl groups is 1. The predicted molar refractivity (Wildman–Crippen MR) is 98.6 cm³/mol. The van der Waals surface area contributed by atoms with Crippen LogP contribution in [0.1, 0.15) is 39.0 Å². The number of anilines is 1. The number of hydrogen-bond acceptors (Lipinski definition) is 4. The van der Waals surface area contributed by atoms with Crippen LogP contribution in [0, 0.1) is 17.2 Å². The van der Waals surface area contributed by atoms with E-state index in [0.717, 1.165) is 38.2 Å². The van der Waals surface area contributed by atoms with Crippen LogP contribution in [0.3, 0.4) is 0 Å². The van der Waals surface area contributed by atoms with E-state index < -0.39 is 27.5 Å². The highest BCUT2D eigenvalue weighted by molar-refractivity contribution is 7.92. The van der Waals surface area contributed by atoms with Crippen LogP contribution in [-0.2, 0) is 14.8 Å². The van der Waals surface area contributed by atoms with Gasteiger partial charge in [0.15, 0.2) is 0 Å². The second-order valence-corrected chi connectivity index (χ2v) is 9.00. The van der Waals surface area contributed by atoms with Crippen LogP contribution >= 0.6 is 0 Å². The second-order valence-electron chi connectivity index (χ2n) is 7.23. The second kappa shape index (κ2) is 8.81. The van der Waals surface area contributed by atoms with Crippen molar-refractivity contribution in [1.82, 2.24) is 5.32 Å². The molecule has 146 valence electrons. The summed E-state index contributed by atoms with van der Waals surface area (Å²) in [5.74, 6) is -2.08. The van der Waals surface area contributed by atoms with Crippen molar-refractivity contribution in [3.8, 4) is 0 Å². The summed E-state index contributed by atoms with van der Waals surface area (Å²) in [6, 6.07) is 5.15. The van der Waals surface area contributed by atoms with E-state index in [9.17, 15) is 22.7 Å². The molecule has 0 saturated heterocycles. The molecule has 1 unspecified atom stereocenters. The van der Waals surface area contributed by atoms with Crippen LogP contribution in [0.25, 0.3) is 0 Å². The van der Waals surface area contributed by atoms with Gasteiger partial charge in [-0.15, -0.1) is 0 Å². The number of hydrogen-bond donors (Lipinski definition) is 3. The van der Waals surface area contributed by atoms with E-state index in [-0.39, 0.29) is 23.6 Å². The fourth-order valence-corrected chi connectivity index (χ4v) is 4.70. The molecule has 2 rings (SSSR count). The Labute approximate surface area is 154 Å². The highest BCUT2D eigenvalue weighted by atomic mass is 32.2. The van der Waals surface area contributed by atoms with Gasteiger partial charge in [0.2, 0.25) is 15.9 Å². The molecule has 0 bridgehead atoms. The summed E-state index contributed by atoms with van der Waals surface area (Å²) in [6.07, 6.45) is 4.90. The van der Waals surface area contributed by atoms with Gasteiger partial charge >= 0.3 is 0 Å². The molecule has 1 aromatic carbocycles. The monoisotopic (exact) mass is 386 g/mol. The van der Waals surface area contributed by atoms with Crippen LogP contribution < -0.4 is 10.0 Å². The minimum Gasteiger partial charge on any atom is -0.396 e. The zero-order valence-corrected chi connectivity index (χ0v) is 15.8. The van der Waals surface area contributed by atoms with E-state index in [1.54, 1.807) is 0 Å².